The summed E-state index contributed by atoms with van der Waals surface area (Å²) < 4.78 is 0. The Bertz CT molecular complexity index is 617. The quantitative estimate of drug-likeness (QED) is 0.903. The highest BCUT2D eigenvalue weighted by Crippen LogP contribution is 2.25. The zero-order valence-corrected chi connectivity index (χ0v) is 14.3. The van der Waals surface area contributed by atoms with Gasteiger partial charge in [-0.1, -0.05) is 11.6 Å². The maximum absolute atomic E-state index is 12.6. The lowest BCUT2D eigenvalue weighted by molar-refractivity contribution is -0.144. The third-order valence-electron chi connectivity index (χ3n) is 5.07. The number of amides is 1. The first-order chi connectivity index (χ1) is 11.6. The molecule has 1 aromatic heterocycles. The van der Waals surface area contributed by atoms with Crippen LogP contribution in [0.25, 0.3) is 0 Å². The molecular weight excluding hydrogens is 330 g/mol. The summed E-state index contributed by atoms with van der Waals surface area (Å²) in [7, 11) is 0. The van der Waals surface area contributed by atoms with Crippen LogP contribution in [0.3, 0.4) is 0 Å². The largest absolute Gasteiger partial charge is 0.481 e. The minimum Gasteiger partial charge on any atom is -0.481 e. The van der Waals surface area contributed by atoms with Gasteiger partial charge in [-0.2, -0.15) is 0 Å². The second kappa shape index (κ2) is 7.49. The van der Waals surface area contributed by atoms with Crippen molar-refractivity contribution in [2.24, 2.45) is 5.92 Å². The van der Waals surface area contributed by atoms with Crippen LogP contribution < -0.4 is 0 Å². The van der Waals surface area contributed by atoms with Crippen molar-refractivity contribution in [1.29, 1.82) is 0 Å². The van der Waals surface area contributed by atoms with E-state index in [1.54, 1.807) is 12.3 Å². The van der Waals surface area contributed by atoms with Gasteiger partial charge in [-0.25, -0.2) is 0 Å². The second-order valence-electron chi connectivity index (χ2n) is 6.55. The molecule has 130 valence electrons. The minimum absolute atomic E-state index is 0.0529. The van der Waals surface area contributed by atoms with Gasteiger partial charge in [0, 0.05) is 38.1 Å². The van der Waals surface area contributed by atoms with Crippen LogP contribution in [-0.4, -0.2) is 64.0 Å². The molecule has 24 heavy (non-hydrogen) atoms. The number of pyridine rings is 1. The molecule has 0 aromatic carbocycles. The Morgan fingerprint density at radius 1 is 1.21 bits per heavy atom. The second-order valence-corrected chi connectivity index (χ2v) is 6.96. The van der Waals surface area contributed by atoms with Gasteiger partial charge in [0.1, 0.15) is 0 Å². The van der Waals surface area contributed by atoms with Crippen LogP contribution in [0.1, 0.15) is 36.0 Å². The summed E-state index contributed by atoms with van der Waals surface area (Å²) in [6.45, 7) is 2.94. The number of likely N-dealkylation sites (tertiary alicyclic amines) is 2. The highest BCUT2D eigenvalue weighted by Gasteiger charge is 2.32. The van der Waals surface area contributed by atoms with E-state index in [1.165, 1.54) is 6.20 Å². The van der Waals surface area contributed by atoms with Gasteiger partial charge >= 0.3 is 5.97 Å². The van der Waals surface area contributed by atoms with Gasteiger partial charge in [0.05, 0.1) is 16.5 Å². The molecule has 0 aliphatic carbocycles. The van der Waals surface area contributed by atoms with Crippen LogP contribution in [0.5, 0.6) is 0 Å². The lowest BCUT2D eigenvalue weighted by Crippen LogP contribution is -2.50. The minimum atomic E-state index is -0.695. The van der Waals surface area contributed by atoms with E-state index in [9.17, 15) is 14.7 Å². The SMILES string of the molecule is O=C(O)[C@@H]1CCCN(C2CCN(C(=O)c3ccncc3Cl)CC2)C1. The number of hydrogen-bond donors (Lipinski definition) is 1. The fourth-order valence-electron chi connectivity index (χ4n) is 3.69. The van der Waals surface area contributed by atoms with Crippen LogP contribution in [0.2, 0.25) is 5.02 Å². The zero-order chi connectivity index (χ0) is 17.1. The van der Waals surface area contributed by atoms with E-state index < -0.39 is 5.97 Å². The number of nitrogens with zero attached hydrogens (tertiary/aromatic N) is 3. The van der Waals surface area contributed by atoms with E-state index >= 15 is 0 Å². The van der Waals surface area contributed by atoms with Crippen molar-refractivity contribution in [2.45, 2.75) is 31.7 Å². The number of carboxylic acid groups (broad SMARTS) is 1. The number of aromatic nitrogens is 1. The van der Waals surface area contributed by atoms with Crippen molar-refractivity contribution in [3.05, 3.63) is 29.0 Å². The molecule has 1 N–H and O–H groups in total. The van der Waals surface area contributed by atoms with Crippen molar-refractivity contribution in [3.8, 4) is 0 Å². The predicted molar refractivity (Wildman–Crippen MR) is 90.1 cm³/mol. The highest BCUT2D eigenvalue weighted by molar-refractivity contribution is 6.33. The number of rotatable bonds is 3. The van der Waals surface area contributed by atoms with Gasteiger partial charge in [-0.05, 0) is 38.3 Å². The lowest BCUT2D eigenvalue weighted by Gasteiger charge is -2.41. The van der Waals surface area contributed by atoms with E-state index in [1.807, 2.05) is 4.90 Å². The Balaban J connectivity index is 1.57. The molecule has 0 saturated carbocycles. The molecular formula is C17H22ClN3O3. The van der Waals surface area contributed by atoms with Crippen molar-refractivity contribution >= 4 is 23.5 Å². The molecule has 1 atom stereocenters. The molecule has 0 spiro atoms. The lowest BCUT2D eigenvalue weighted by atomic mass is 9.94. The molecule has 2 aliphatic rings. The fraction of sp³-hybridized carbons (Fsp3) is 0.588. The van der Waals surface area contributed by atoms with Crippen LogP contribution in [0.15, 0.2) is 18.5 Å². The zero-order valence-electron chi connectivity index (χ0n) is 13.5. The summed E-state index contributed by atoms with van der Waals surface area (Å²) in [5.74, 6) is -1.00. The molecule has 3 heterocycles. The van der Waals surface area contributed by atoms with Gasteiger partial charge in [0.25, 0.3) is 5.91 Å². The molecule has 0 unspecified atom stereocenters. The molecule has 3 rings (SSSR count). The first kappa shape index (κ1) is 17.2. The van der Waals surface area contributed by atoms with Crippen LogP contribution in [0.4, 0.5) is 0 Å². The summed E-state index contributed by atoms with van der Waals surface area (Å²) in [6.07, 6.45) is 6.51. The third kappa shape index (κ3) is 3.70. The maximum Gasteiger partial charge on any atom is 0.307 e. The monoisotopic (exact) mass is 351 g/mol. The Hall–Kier alpha value is -1.66. The smallest absolute Gasteiger partial charge is 0.307 e. The standard InChI is InChI=1S/C17H22ClN3O3/c18-15-10-19-6-3-14(15)16(22)20-8-4-13(5-9-20)21-7-1-2-12(11-21)17(23)24/h3,6,10,12-13H,1-2,4-5,7-9,11H2,(H,23,24)/t12-/m1/s1. The first-order valence-electron chi connectivity index (χ1n) is 8.42. The number of carbonyl (C=O) groups is 2. The normalized spacial score (nSPS) is 23.2. The fourth-order valence-corrected chi connectivity index (χ4v) is 3.89. The molecule has 7 heteroatoms. The Morgan fingerprint density at radius 3 is 2.62 bits per heavy atom. The van der Waals surface area contributed by atoms with Gasteiger partial charge in [0.15, 0.2) is 0 Å². The van der Waals surface area contributed by atoms with E-state index in [0.29, 0.717) is 36.3 Å². The summed E-state index contributed by atoms with van der Waals surface area (Å²) in [5.41, 5.74) is 0.494. The topological polar surface area (TPSA) is 73.7 Å². The molecule has 0 radical (unpaired) electrons. The Kier molecular flexibility index (Phi) is 5.36. The van der Waals surface area contributed by atoms with Crippen LogP contribution >= 0.6 is 11.6 Å². The molecule has 1 aromatic rings. The van der Waals surface area contributed by atoms with Crippen molar-refractivity contribution in [3.63, 3.8) is 0 Å². The summed E-state index contributed by atoms with van der Waals surface area (Å²) >= 11 is 6.06. The van der Waals surface area contributed by atoms with Crippen LogP contribution in [0, 0.1) is 5.92 Å². The number of hydrogen-bond acceptors (Lipinski definition) is 4. The Morgan fingerprint density at radius 2 is 1.96 bits per heavy atom. The molecule has 6 nitrogen and oxygen atoms in total. The van der Waals surface area contributed by atoms with Gasteiger partial charge in [-0.3, -0.25) is 19.5 Å². The number of carboxylic acids is 1. The molecule has 1 amide bonds. The number of carbonyl (C=O) groups excluding carboxylic acids is 1. The molecule has 2 saturated heterocycles. The van der Waals surface area contributed by atoms with Crippen molar-refractivity contribution in [2.75, 3.05) is 26.2 Å². The first-order valence-corrected chi connectivity index (χ1v) is 8.79. The van der Waals surface area contributed by atoms with E-state index in [2.05, 4.69) is 9.88 Å². The molecule has 2 aliphatic heterocycles. The number of halogens is 1. The van der Waals surface area contributed by atoms with E-state index in [4.69, 9.17) is 11.6 Å². The summed E-state index contributed by atoms with van der Waals surface area (Å²) in [5, 5.41) is 9.60. The highest BCUT2D eigenvalue weighted by atomic mass is 35.5. The van der Waals surface area contributed by atoms with Crippen molar-refractivity contribution in [1.82, 2.24) is 14.8 Å². The predicted octanol–water partition coefficient (Wildman–Crippen LogP) is 2.14. The summed E-state index contributed by atoms with van der Waals surface area (Å²) in [4.78, 5) is 31.8. The summed E-state index contributed by atoms with van der Waals surface area (Å²) in [6, 6.07) is 2.02. The third-order valence-corrected chi connectivity index (χ3v) is 5.37. The average molecular weight is 352 g/mol. The maximum atomic E-state index is 12.6. The van der Waals surface area contributed by atoms with Gasteiger partial charge in [-0.15, -0.1) is 0 Å². The van der Waals surface area contributed by atoms with Crippen LogP contribution in [-0.2, 0) is 4.79 Å². The molecule has 2 fully saturated rings. The number of piperidine rings is 2. The molecule has 0 bridgehead atoms. The van der Waals surface area contributed by atoms with Gasteiger partial charge in [0.2, 0.25) is 0 Å². The van der Waals surface area contributed by atoms with Gasteiger partial charge < -0.3 is 10.0 Å². The van der Waals surface area contributed by atoms with Crippen molar-refractivity contribution < 1.29 is 14.7 Å². The van der Waals surface area contributed by atoms with E-state index in [-0.39, 0.29) is 11.8 Å². The average Bonchev–Trinajstić information content (AvgIpc) is 2.62. The number of aliphatic carboxylic acids is 1. The Labute approximate surface area is 146 Å². The van der Waals surface area contributed by atoms with E-state index in [0.717, 1.165) is 32.2 Å².